The lowest BCUT2D eigenvalue weighted by molar-refractivity contribution is 0.144. The maximum absolute atomic E-state index is 10.9. The van der Waals surface area contributed by atoms with Crippen LogP contribution in [0.5, 0.6) is 5.75 Å². The van der Waals surface area contributed by atoms with Crippen molar-refractivity contribution in [3.05, 3.63) is 53.1 Å². The van der Waals surface area contributed by atoms with Crippen LogP contribution in [-0.2, 0) is 19.3 Å². The summed E-state index contributed by atoms with van der Waals surface area (Å²) >= 11 is 0. The summed E-state index contributed by atoms with van der Waals surface area (Å²) in [6, 6.07) is 12.1. The molecule has 0 saturated carbocycles. The molecule has 3 nitrogen and oxygen atoms in total. The number of rotatable bonds is 5. The fourth-order valence-electron chi connectivity index (χ4n) is 3.00. The van der Waals surface area contributed by atoms with E-state index < -0.39 is 6.16 Å². The average molecular weight is 298 g/mol. The molecule has 0 saturated heterocycles. The zero-order valence-corrected chi connectivity index (χ0v) is 13.3. The summed E-state index contributed by atoms with van der Waals surface area (Å²) in [5.41, 5.74) is 5.84. The lowest BCUT2D eigenvalue weighted by Gasteiger charge is -2.18. The summed E-state index contributed by atoms with van der Waals surface area (Å²) in [5.74, 6) is 0.449. The third-order valence-corrected chi connectivity index (χ3v) is 3.98. The van der Waals surface area contributed by atoms with Crippen LogP contribution in [0.25, 0.3) is 11.1 Å². The molecule has 0 heterocycles. The highest BCUT2D eigenvalue weighted by molar-refractivity contribution is 5.74. The molecular formula is C19H22O3. The lowest BCUT2D eigenvalue weighted by atomic mass is 9.89. The Bertz CT molecular complexity index is 674. The van der Waals surface area contributed by atoms with Gasteiger partial charge in [0.25, 0.3) is 0 Å². The number of hydrogen-bond donors (Lipinski definition) is 1. The van der Waals surface area contributed by atoms with Gasteiger partial charge < -0.3 is 9.84 Å². The highest BCUT2D eigenvalue weighted by Gasteiger charge is 2.16. The third-order valence-electron chi connectivity index (χ3n) is 3.98. The van der Waals surface area contributed by atoms with Crippen LogP contribution < -0.4 is 4.74 Å². The molecule has 0 aliphatic heterocycles. The van der Waals surface area contributed by atoms with Crippen LogP contribution in [0.3, 0.4) is 0 Å². The van der Waals surface area contributed by atoms with Crippen LogP contribution in [0.1, 0.15) is 37.5 Å². The first-order valence-electron chi connectivity index (χ1n) is 7.76. The van der Waals surface area contributed by atoms with Crippen molar-refractivity contribution in [3.8, 4) is 16.9 Å². The molecule has 0 radical (unpaired) electrons. The molecule has 2 aromatic carbocycles. The second-order valence-corrected chi connectivity index (χ2v) is 5.15. The zero-order valence-electron chi connectivity index (χ0n) is 13.3. The second-order valence-electron chi connectivity index (χ2n) is 5.15. The van der Waals surface area contributed by atoms with E-state index in [1.165, 1.54) is 22.3 Å². The van der Waals surface area contributed by atoms with E-state index in [9.17, 15) is 4.79 Å². The van der Waals surface area contributed by atoms with Crippen LogP contribution in [0, 0.1) is 0 Å². The molecule has 116 valence electrons. The van der Waals surface area contributed by atoms with E-state index in [4.69, 9.17) is 9.84 Å². The van der Waals surface area contributed by atoms with Gasteiger partial charge in [-0.15, -0.1) is 0 Å². The lowest BCUT2D eigenvalue weighted by Crippen LogP contribution is -2.07. The Morgan fingerprint density at radius 3 is 2.18 bits per heavy atom. The minimum Gasteiger partial charge on any atom is -0.449 e. The number of carboxylic acid groups (broad SMARTS) is 1. The van der Waals surface area contributed by atoms with Gasteiger partial charge in [0.1, 0.15) is 5.75 Å². The molecule has 1 N–H and O–H groups in total. The molecule has 0 aliphatic rings. The average Bonchev–Trinajstić information content (AvgIpc) is 2.53. The first-order chi connectivity index (χ1) is 10.6. The summed E-state index contributed by atoms with van der Waals surface area (Å²) in [5, 5.41) is 8.90. The summed E-state index contributed by atoms with van der Waals surface area (Å²) < 4.78 is 4.94. The third kappa shape index (κ3) is 3.14. The van der Waals surface area contributed by atoms with Crippen molar-refractivity contribution in [1.29, 1.82) is 0 Å². The molecule has 2 aromatic rings. The Morgan fingerprint density at radius 2 is 1.59 bits per heavy atom. The van der Waals surface area contributed by atoms with E-state index in [0.29, 0.717) is 5.75 Å². The number of aryl methyl sites for hydroxylation is 1. The second kappa shape index (κ2) is 7.12. The Hall–Kier alpha value is -2.29. The van der Waals surface area contributed by atoms with Gasteiger partial charge in [0, 0.05) is 0 Å². The molecule has 2 rings (SSSR count). The van der Waals surface area contributed by atoms with Crippen molar-refractivity contribution in [2.24, 2.45) is 0 Å². The summed E-state index contributed by atoms with van der Waals surface area (Å²) in [4.78, 5) is 10.9. The van der Waals surface area contributed by atoms with Crippen molar-refractivity contribution < 1.29 is 14.6 Å². The molecule has 0 amide bonds. The van der Waals surface area contributed by atoms with Gasteiger partial charge in [-0.3, -0.25) is 0 Å². The number of hydrogen-bond acceptors (Lipinski definition) is 2. The predicted octanol–water partition coefficient (Wildman–Crippen LogP) is 5.10. The Morgan fingerprint density at radius 1 is 0.909 bits per heavy atom. The van der Waals surface area contributed by atoms with E-state index in [1.807, 2.05) is 19.1 Å². The molecular weight excluding hydrogens is 276 g/mol. The largest absolute Gasteiger partial charge is 0.511 e. The van der Waals surface area contributed by atoms with Crippen LogP contribution in [0.15, 0.2) is 36.4 Å². The highest BCUT2D eigenvalue weighted by atomic mass is 16.7. The SMILES string of the molecule is CCc1ccccc1-c1ccc(OC(=O)O)c(CC)c1CC. The van der Waals surface area contributed by atoms with Crippen molar-refractivity contribution in [2.45, 2.75) is 40.0 Å². The molecule has 3 heteroatoms. The van der Waals surface area contributed by atoms with E-state index in [2.05, 4.69) is 32.0 Å². The quantitative estimate of drug-likeness (QED) is 0.617. The monoisotopic (exact) mass is 298 g/mol. The molecule has 22 heavy (non-hydrogen) atoms. The topological polar surface area (TPSA) is 46.5 Å². The van der Waals surface area contributed by atoms with Crippen LogP contribution >= 0.6 is 0 Å². The molecule has 0 bridgehead atoms. The summed E-state index contributed by atoms with van der Waals surface area (Å²) in [6.07, 6.45) is 1.29. The van der Waals surface area contributed by atoms with Gasteiger partial charge in [0.05, 0.1) is 0 Å². The van der Waals surface area contributed by atoms with Crippen LogP contribution in [-0.4, -0.2) is 11.3 Å². The van der Waals surface area contributed by atoms with Gasteiger partial charge >= 0.3 is 6.16 Å². The molecule has 0 fully saturated rings. The smallest absolute Gasteiger partial charge is 0.449 e. The Labute approximate surface area is 131 Å². The van der Waals surface area contributed by atoms with E-state index in [0.717, 1.165) is 24.8 Å². The summed E-state index contributed by atoms with van der Waals surface area (Å²) in [7, 11) is 0. The molecule has 0 atom stereocenters. The minimum atomic E-state index is -1.27. The van der Waals surface area contributed by atoms with Gasteiger partial charge in [0.15, 0.2) is 0 Å². The predicted molar refractivity (Wildman–Crippen MR) is 88.7 cm³/mol. The maximum Gasteiger partial charge on any atom is 0.511 e. The molecule has 0 aliphatic carbocycles. The van der Waals surface area contributed by atoms with E-state index in [1.54, 1.807) is 6.07 Å². The fourth-order valence-corrected chi connectivity index (χ4v) is 3.00. The number of benzene rings is 2. The minimum absolute atomic E-state index is 0.449. The number of carbonyl (C=O) groups is 1. The van der Waals surface area contributed by atoms with Gasteiger partial charge in [0.2, 0.25) is 0 Å². The first kappa shape index (κ1) is 16.1. The van der Waals surface area contributed by atoms with Gasteiger partial charge in [-0.1, -0.05) is 51.1 Å². The Balaban J connectivity index is 2.64. The van der Waals surface area contributed by atoms with Gasteiger partial charge in [-0.25, -0.2) is 4.79 Å². The van der Waals surface area contributed by atoms with Crippen molar-refractivity contribution in [3.63, 3.8) is 0 Å². The fraction of sp³-hybridized carbons (Fsp3) is 0.316. The van der Waals surface area contributed by atoms with Crippen molar-refractivity contribution in [1.82, 2.24) is 0 Å². The van der Waals surface area contributed by atoms with Crippen molar-refractivity contribution >= 4 is 6.16 Å². The van der Waals surface area contributed by atoms with Crippen molar-refractivity contribution in [2.75, 3.05) is 0 Å². The first-order valence-corrected chi connectivity index (χ1v) is 7.76. The highest BCUT2D eigenvalue weighted by Crippen LogP contribution is 2.35. The molecule has 0 unspecified atom stereocenters. The standard InChI is InChI=1S/C19H22O3/c1-4-13-9-7-8-10-16(13)17-11-12-18(22-19(20)21)15(6-3)14(17)5-2/h7-12H,4-6H2,1-3H3,(H,20,21). The van der Waals surface area contributed by atoms with E-state index in [-0.39, 0.29) is 0 Å². The van der Waals surface area contributed by atoms with E-state index >= 15 is 0 Å². The zero-order chi connectivity index (χ0) is 16.1. The van der Waals surface area contributed by atoms with Gasteiger partial charge in [-0.05, 0) is 53.1 Å². The van der Waals surface area contributed by atoms with Crippen LogP contribution in [0.2, 0.25) is 0 Å². The molecule has 0 spiro atoms. The molecule has 0 aromatic heterocycles. The van der Waals surface area contributed by atoms with Crippen LogP contribution in [0.4, 0.5) is 4.79 Å². The maximum atomic E-state index is 10.9. The Kier molecular flexibility index (Phi) is 5.21. The normalized spacial score (nSPS) is 10.5. The number of ether oxygens (including phenoxy) is 1. The summed E-state index contributed by atoms with van der Waals surface area (Å²) in [6.45, 7) is 6.27. The van der Waals surface area contributed by atoms with Gasteiger partial charge in [-0.2, -0.15) is 0 Å².